The van der Waals surface area contributed by atoms with Gasteiger partial charge in [0, 0.05) is 19.2 Å². The van der Waals surface area contributed by atoms with Crippen molar-refractivity contribution in [2.75, 3.05) is 11.9 Å². The Morgan fingerprint density at radius 2 is 2.03 bits per heavy atom. The molecule has 0 spiro atoms. The van der Waals surface area contributed by atoms with Crippen molar-refractivity contribution in [2.24, 2.45) is 5.92 Å². The molecule has 2 aromatic rings. The lowest BCUT2D eigenvalue weighted by atomic mass is 9.85. The first-order chi connectivity index (χ1) is 14.2. The predicted octanol–water partition coefficient (Wildman–Crippen LogP) is 6.12. The molecule has 2 N–H and O–H groups in total. The van der Waals surface area contributed by atoms with Crippen LogP contribution in [0.25, 0.3) is 0 Å². The van der Waals surface area contributed by atoms with Crippen LogP contribution in [0.1, 0.15) is 73.9 Å². The number of halogens is 3. The lowest BCUT2D eigenvalue weighted by Crippen LogP contribution is -2.32. The van der Waals surface area contributed by atoms with Crippen LogP contribution < -0.4 is 10.6 Å². The summed E-state index contributed by atoms with van der Waals surface area (Å²) in [6, 6.07) is 5.54. The van der Waals surface area contributed by atoms with Gasteiger partial charge in [-0.25, -0.2) is 18.2 Å². The zero-order valence-corrected chi connectivity index (χ0v) is 17.6. The van der Waals surface area contributed by atoms with Gasteiger partial charge < -0.3 is 10.6 Å². The largest absolute Gasteiger partial charge is 0.352 e. The van der Waals surface area contributed by atoms with E-state index in [0.29, 0.717) is 23.8 Å². The van der Waals surface area contributed by atoms with Gasteiger partial charge in [-0.05, 0) is 48.4 Å². The number of alkyl halides is 2. The lowest BCUT2D eigenvalue weighted by molar-refractivity contribution is -0.0116. The molecule has 1 aliphatic rings. The molecule has 0 unspecified atom stereocenters. The molecule has 162 valence electrons. The lowest BCUT2D eigenvalue weighted by Gasteiger charge is -2.25. The number of anilines is 2. The van der Waals surface area contributed by atoms with Crippen LogP contribution in [-0.2, 0) is 5.92 Å². The molecule has 1 aliphatic carbocycles. The average molecular weight is 419 g/mol. The van der Waals surface area contributed by atoms with Crippen molar-refractivity contribution < 1.29 is 18.0 Å². The normalized spacial score (nSPS) is 14.5. The highest BCUT2D eigenvalue weighted by atomic mass is 19.3. The summed E-state index contributed by atoms with van der Waals surface area (Å²) >= 11 is 0. The van der Waals surface area contributed by atoms with Gasteiger partial charge in [0.15, 0.2) is 5.82 Å². The van der Waals surface area contributed by atoms with Gasteiger partial charge in [0.1, 0.15) is 5.82 Å². The van der Waals surface area contributed by atoms with Crippen molar-refractivity contribution >= 4 is 17.4 Å². The summed E-state index contributed by atoms with van der Waals surface area (Å²) in [5.41, 5.74) is 0.506. The quantitative estimate of drug-likeness (QED) is 0.542. The van der Waals surface area contributed by atoms with Crippen molar-refractivity contribution in [3.63, 3.8) is 0 Å². The van der Waals surface area contributed by atoms with Crippen LogP contribution in [0, 0.1) is 11.7 Å². The van der Waals surface area contributed by atoms with E-state index in [4.69, 9.17) is 0 Å². The Kier molecular flexibility index (Phi) is 6.68. The maximum Gasteiger partial charge on any atom is 0.275 e. The van der Waals surface area contributed by atoms with Crippen molar-refractivity contribution in [1.82, 2.24) is 10.3 Å². The SMILES string of the molecule is CCC(F)(F)c1cccc(Nc2cc(C(C)C)c(C(=O)NCC3CCC3)cn2)c1F. The molecule has 0 radical (unpaired) electrons. The van der Waals surface area contributed by atoms with Gasteiger partial charge in [-0.3, -0.25) is 4.79 Å². The second-order valence-corrected chi connectivity index (χ2v) is 8.17. The van der Waals surface area contributed by atoms with Crippen LogP contribution in [0.2, 0.25) is 0 Å². The number of aromatic nitrogens is 1. The Balaban J connectivity index is 1.83. The zero-order chi connectivity index (χ0) is 21.9. The summed E-state index contributed by atoms with van der Waals surface area (Å²) in [5, 5.41) is 5.75. The molecule has 1 fully saturated rings. The number of hydrogen-bond acceptors (Lipinski definition) is 3. The molecule has 1 saturated carbocycles. The number of benzene rings is 1. The molecule has 1 aromatic heterocycles. The highest BCUT2D eigenvalue weighted by Crippen LogP contribution is 2.36. The first-order valence-corrected chi connectivity index (χ1v) is 10.4. The fraction of sp³-hybridized carbons (Fsp3) is 0.478. The molecule has 1 heterocycles. The van der Waals surface area contributed by atoms with Gasteiger partial charge in [0.2, 0.25) is 0 Å². The number of amides is 1. The Morgan fingerprint density at radius 1 is 1.30 bits per heavy atom. The van der Waals surface area contributed by atoms with Crippen LogP contribution >= 0.6 is 0 Å². The molecule has 3 rings (SSSR count). The van der Waals surface area contributed by atoms with Crippen molar-refractivity contribution in [1.29, 1.82) is 0 Å². The summed E-state index contributed by atoms with van der Waals surface area (Å²) < 4.78 is 42.7. The van der Waals surface area contributed by atoms with E-state index in [2.05, 4.69) is 15.6 Å². The van der Waals surface area contributed by atoms with Gasteiger partial charge >= 0.3 is 0 Å². The maximum atomic E-state index is 14.7. The van der Waals surface area contributed by atoms with Gasteiger partial charge in [0.25, 0.3) is 11.8 Å². The number of carbonyl (C=O) groups excluding carboxylic acids is 1. The van der Waals surface area contributed by atoms with Crippen LogP contribution in [0.15, 0.2) is 30.5 Å². The van der Waals surface area contributed by atoms with E-state index in [1.165, 1.54) is 31.7 Å². The van der Waals surface area contributed by atoms with Crippen LogP contribution in [0.5, 0.6) is 0 Å². The summed E-state index contributed by atoms with van der Waals surface area (Å²) in [4.78, 5) is 16.8. The Bertz CT molecular complexity index is 911. The standard InChI is InChI=1S/C23H28F3N3O/c1-4-23(25,26)18-9-6-10-19(21(18)24)29-20-11-16(14(2)3)17(13-27-20)22(30)28-12-15-7-5-8-15/h6,9-11,13-15H,4-5,7-8,12H2,1-3H3,(H,27,29)(H,28,30). The number of rotatable bonds is 8. The third kappa shape index (κ3) is 4.77. The van der Waals surface area contributed by atoms with E-state index < -0.39 is 23.7 Å². The van der Waals surface area contributed by atoms with E-state index in [0.717, 1.165) is 24.5 Å². The second kappa shape index (κ2) is 9.06. The summed E-state index contributed by atoms with van der Waals surface area (Å²) in [6.45, 7) is 5.86. The number of pyridine rings is 1. The fourth-order valence-corrected chi connectivity index (χ4v) is 3.48. The smallest absolute Gasteiger partial charge is 0.275 e. The van der Waals surface area contributed by atoms with E-state index in [-0.39, 0.29) is 17.5 Å². The zero-order valence-electron chi connectivity index (χ0n) is 17.6. The first kappa shape index (κ1) is 22.1. The highest BCUT2D eigenvalue weighted by molar-refractivity contribution is 5.96. The summed E-state index contributed by atoms with van der Waals surface area (Å²) in [5.74, 6) is -3.56. The van der Waals surface area contributed by atoms with E-state index in [9.17, 15) is 18.0 Å². The average Bonchev–Trinajstić information content (AvgIpc) is 2.68. The van der Waals surface area contributed by atoms with Crippen molar-refractivity contribution in [3.8, 4) is 0 Å². The van der Waals surface area contributed by atoms with Crippen molar-refractivity contribution in [3.05, 3.63) is 53.0 Å². The topological polar surface area (TPSA) is 54.0 Å². The van der Waals surface area contributed by atoms with Crippen LogP contribution in [-0.4, -0.2) is 17.4 Å². The third-order valence-corrected chi connectivity index (χ3v) is 5.68. The Hall–Kier alpha value is -2.57. The number of carbonyl (C=O) groups is 1. The number of nitrogens with zero attached hydrogens (tertiary/aromatic N) is 1. The third-order valence-electron chi connectivity index (χ3n) is 5.68. The van der Waals surface area contributed by atoms with Crippen LogP contribution in [0.4, 0.5) is 24.7 Å². The second-order valence-electron chi connectivity index (χ2n) is 8.17. The molecule has 0 bridgehead atoms. The van der Waals surface area contributed by atoms with Gasteiger partial charge in [0.05, 0.1) is 16.8 Å². The Labute approximate surface area is 175 Å². The minimum Gasteiger partial charge on any atom is -0.352 e. The fourth-order valence-electron chi connectivity index (χ4n) is 3.48. The van der Waals surface area contributed by atoms with E-state index >= 15 is 0 Å². The minimum absolute atomic E-state index is 0.0265. The van der Waals surface area contributed by atoms with E-state index in [1.54, 1.807) is 6.07 Å². The van der Waals surface area contributed by atoms with Gasteiger partial charge in [-0.15, -0.1) is 0 Å². The van der Waals surface area contributed by atoms with Crippen molar-refractivity contribution in [2.45, 2.75) is 58.3 Å². The molecule has 30 heavy (non-hydrogen) atoms. The van der Waals surface area contributed by atoms with E-state index in [1.807, 2.05) is 13.8 Å². The Morgan fingerprint density at radius 3 is 2.63 bits per heavy atom. The molecule has 7 heteroatoms. The molecule has 0 aliphatic heterocycles. The molecule has 0 atom stereocenters. The molecule has 0 saturated heterocycles. The highest BCUT2D eigenvalue weighted by Gasteiger charge is 2.33. The maximum absolute atomic E-state index is 14.7. The van der Waals surface area contributed by atoms with Gasteiger partial charge in [-0.2, -0.15) is 0 Å². The molecular weight excluding hydrogens is 391 g/mol. The molecule has 4 nitrogen and oxygen atoms in total. The number of nitrogens with one attached hydrogen (secondary N) is 2. The molecule has 1 amide bonds. The minimum atomic E-state index is -3.25. The summed E-state index contributed by atoms with van der Waals surface area (Å²) in [6.07, 6.45) is 4.45. The van der Waals surface area contributed by atoms with Gasteiger partial charge in [-0.1, -0.05) is 33.3 Å². The molecule has 1 aromatic carbocycles. The first-order valence-electron chi connectivity index (χ1n) is 10.4. The van der Waals surface area contributed by atoms with Crippen LogP contribution in [0.3, 0.4) is 0 Å². The monoisotopic (exact) mass is 419 g/mol. The number of hydrogen-bond donors (Lipinski definition) is 2. The predicted molar refractivity (Wildman–Crippen MR) is 112 cm³/mol. The molecular formula is C23H28F3N3O. The summed E-state index contributed by atoms with van der Waals surface area (Å²) in [7, 11) is 0.